The van der Waals surface area contributed by atoms with Gasteiger partial charge in [-0.05, 0) is 36.5 Å². The minimum Gasteiger partial charge on any atom is -0.396 e. The van der Waals surface area contributed by atoms with Crippen molar-refractivity contribution in [1.29, 1.82) is 0 Å². The van der Waals surface area contributed by atoms with E-state index in [1.807, 2.05) is 53.4 Å². The van der Waals surface area contributed by atoms with E-state index < -0.39 is 0 Å². The third-order valence-electron chi connectivity index (χ3n) is 4.73. The molecule has 0 radical (unpaired) electrons. The van der Waals surface area contributed by atoms with Gasteiger partial charge in [0, 0.05) is 38.0 Å². The summed E-state index contributed by atoms with van der Waals surface area (Å²) in [6.45, 7) is 1.59. The third kappa shape index (κ3) is 4.01. The molecule has 2 heterocycles. The number of pyridine rings is 1. The zero-order valence-corrected chi connectivity index (χ0v) is 13.8. The van der Waals surface area contributed by atoms with Crippen LogP contribution in [0, 0.1) is 5.92 Å². The zero-order chi connectivity index (χ0) is 16.8. The van der Waals surface area contributed by atoms with Gasteiger partial charge in [-0.15, -0.1) is 0 Å². The fourth-order valence-corrected chi connectivity index (χ4v) is 3.40. The number of likely N-dealkylation sites (tertiary alicyclic amines) is 1. The molecule has 2 aromatic rings. The first kappa shape index (κ1) is 16.7. The van der Waals surface area contributed by atoms with Crippen molar-refractivity contribution in [1.82, 2.24) is 9.88 Å². The second-order valence-corrected chi connectivity index (χ2v) is 6.46. The van der Waals surface area contributed by atoms with Crippen LogP contribution in [-0.4, -0.2) is 40.6 Å². The van der Waals surface area contributed by atoms with E-state index in [0.29, 0.717) is 13.0 Å². The van der Waals surface area contributed by atoms with Gasteiger partial charge in [-0.25, -0.2) is 0 Å². The maximum atomic E-state index is 13.2. The Morgan fingerprint density at radius 1 is 1.21 bits per heavy atom. The van der Waals surface area contributed by atoms with Crippen molar-refractivity contribution < 1.29 is 9.90 Å². The molecular formula is C20H24N2O2. The molecular weight excluding hydrogens is 300 g/mol. The number of aromatic nitrogens is 1. The van der Waals surface area contributed by atoms with Crippen LogP contribution in [0.15, 0.2) is 54.7 Å². The molecule has 1 aliphatic rings. The quantitative estimate of drug-likeness (QED) is 0.920. The van der Waals surface area contributed by atoms with Gasteiger partial charge in [0.25, 0.3) is 0 Å². The van der Waals surface area contributed by atoms with E-state index in [4.69, 9.17) is 0 Å². The summed E-state index contributed by atoms with van der Waals surface area (Å²) < 4.78 is 0. The predicted octanol–water partition coefficient (Wildman–Crippen LogP) is 2.64. The molecule has 2 atom stereocenters. The fourth-order valence-electron chi connectivity index (χ4n) is 3.40. The van der Waals surface area contributed by atoms with Gasteiger partial charge < -0.3 is 10.0 Å². The van der Waals surface area contributed by atoms with Gasteiger partial charge in [0.1, 0.15) is 0 Å². The van der Waals surface area contributed by atoms with Crippen LogP contribution in [0.4, 0.5) is 0 Å². The van der Waals surface area contributed by atoms with Crippen molar-refractivity contribution >= 4 is 5.91 Å². The molecule has 0 aliphatic carbocycles. The minimum atomic E-state index is -0.224. The van der Waals surface area contributed by atoms with Gasteiger partial charge in [0.2, 0.25) is 5.91 Å². The van der Waals surface area contributed by atoms with Crippen LogP contribution in [-0.2, 0) is 11.2 Å². The maximum Gasteiger partial charge on any atom is 0.230 e. The highest BCUT2D eigenvalue weighted by Crippen LogP contribution is 2.26. The molecule has 126 valence electrons. The number of amides is 1. The largest absolute Gasteiger partial charge is 0.396 e. The Morgan fingerprint density at radius 2 is 2.00 bits per heavy atom. The van der Waals surface area contributed by atoms with E-state index in [0.717, 1.165) is 30.6 Å². The first-order valence-electron chi connectivity index (χ1n) is 8.62. The van der Waals surface area contributed by atoms with Crippen molar-refractivity contribution in [3.05, 3.63) is 66.0 Å². The number of aliphatic hydroxyl groups is 1. The molecule has 1 aliphatic heterocycles. The number of carbonyl (C=O) groups excluding carboxylic acids is 1. The summed E-state index contributed by atoms with van der Waals surface area (Å²) in [7, 11) is 0. The summed E-state index contributed by atoms with van der Waals surface area (Å²) in [5, 5.41) is 9.43. The Balaban J connectivity index is 1.82. The SMILES string of the molecule is O=C(C(Cc1ccccn1)c1ccccc1)N1CCCC(CO)C1. The number of nitrogens with zero attached hydrogens (tertiary/aromatic N) is 2. The summed E-state index contributed by atoms with van der Waals surface area (Å²) >= 11 is 0. The molecule has 1 amide bonds. The summed E-state index contributed by atoms with van der Waals surface area (Å²) in [6, 6.07) is 15.8. The van der Waals surface area contributed by atoms with Crippen LogP contribution in [0.25, 0.3) is 0 Å². The Labute approximate surface area is 143 Å². The average Bonchev–Trinajstić information content (AvgIpc) is 2.67. The number of benzene rings is 1. The Hall–Kier alpha value is -2.20. The fraction of sp³-hybridized carbons (Fsp3) is 0.400. The van der Waals surface area contributed by atoms with Crippen molar-refractivity contribution in [3.8, 4) is 0 Å². The third-order valence-corrected chi connectivity index (χ3v) is 4.73. The van der Waals surface area contributed by atoms with Gasteiger partial charge in [0.05, 0.1) is 5.92 Å². The van der Waals surface area contributed by atoms with Crippen LogP contribution in [0.3, 0.4) is 0 Å². The van der Waals surface area contributed by atoms with Gasteiger partial charge in [-0.2, -0.15) is 0 Å². The molecule has 0 spiro atoms. The number of hydrogen-bond donors (Lipinski definition) is 1. The Kier molecular flexibility index (Phi) is 5.59. The van der Waals surface area contributed by atoms with E-state index in [1.165, 1.54) is 0 Å². The highest BCUT2D eigenvalue weighted by molar-refractivity contribution is 5.84. The molecule has 4 nitrogen and oxygen atoms in total. The minimum absolute atomic E-state index is 0.144. The second kappa shape index (κ2) is 8.06. The Bertz CT molecular complexity index is 645. The number of aliphatic hydroxyl groups excluding tert-OH is 1. The summed E-state index contributed by atoms with van der Waals surface area (Å²) in [5.41, 5.74) is 1.95. The van der Waals surface area contributed by atoms with E-state index in [9.17, 15) is 9.90 Å². The maximum absolute atomic E-state index is 13.2. The lowest BCUT2D eigenvalue weighted by Gasteiger charge is -2.34. The smallest absolute Gasteiger partial charge is 0.230 e. The highest BCUT2D eigenvalue weighted by atomic mass is 16.3. The van der Waals surface area contributed by atoms with Crippen LogP contribution in [0.2, 0.25) is 0 Å². The summed E-state index contributed by atoms with van der Waals surface area (Å²) in [4.78, 5) is 19.5. The summed E-state index contributed by atoms with van der Waals surface area (Å²) in [6.07, 6.45) is 4.33. The van der Waals surface area contributed by atoms with Gasteiger partial charge >= 0.3 is 0 Å². The molecule has 1 fully saturated rings. The van der Waals surface area contributed by atoms with Crippen molar-refractivity contribution in [3.63, 3.8) is 0 Å². The van der Waals surface area contributed by atoms with E-state index >= 15 is 0 Å². The van der Waals surface area contributed by atoms with Gasteiger partial charge in [0.15, 0.2) is 0 Å². The van der Waals surface area contributed by atoms with Crippen LogP contribution in [0.5, 0.6) is 0 Å². The molecule has 3 rings (SSSR count). The van der Waals surface area contributed by atoms with E-state index in [1.54, 1.807) is 6.20 Å². The molecule has 1 aromatic carbocycles. The molecule has 4 heteroatoms. The molecule has 2 unspecified atom stereocenters. The standard InChI is InChI=1S/C20H24N2O2/c23-15-16-7-6-12-22(14-16)20(24)19(17-8-2-1-3-9-17)13-18-10-4-5-11-21-18/h1-5,8-11,16,19,23H,6-7,12-15H2. The lowest BCUT2D eigenvalue weighted by Crippen LogP contribution is -2.43. The second-order valence-electron chi connectivity index (χ2n) is 6.46. The van der Waals surface area contributed by atoms with Gasteiger partial charge in [-0.1, -0.05) is 36.4 Å². The molecule has 1 aromatic heterocycles. The molecule has 0 saturated carbocycles. The van der Waals surface area contributed by atoms with Crippen LogP contribution < -0.4 is 0 Å². The molecule has 1 N–H and O–H groups in total. The van der Waals surface area contributed by atoms with Crippen LogP contribution in [0.1, 0.15) is 30.0 Å². The van der Waals surface area contributed by atoms with Crippen molar-refractivity contribution in [2.75, 3.05) is 19.7 Å². The lowest BCUT2D eigenvalue weighted by atomic mass is 9.90. The van der Waals surface area contributed by atoms with Gasteiger partial charge in [-0.3, -0.25) is 9.78 Å². The first-order valence-corrected chi connectivity index (χ1v) is 8.62. The zero-order valence-electron chi connectivity index (χ0n) is 13.8. The first-order chi connectivity index (χ1) is 11.8. The van der Waals surface area contributed by atoms with Crippen molar-refractivity contribution in [2.45, 2.75) is 25.2 Å². The van der Waals surface area contributed by atoms with Crippen molar-refractivity contribution in [2.24, 2.45) is 5.92 Å². The molecule has 24 heavy (non-hydrogen) atoms. The Morgan fingerprint density at radius 3 is 2.71 bits per heavy atom. The number of rotatable bonds is 5. The lowest BCUT2D eigenvalue weighted by molar-refractivity contribution is -0.135. The highest BCUT2D eigenvalue weighted by Gasteiger charge is 2.30. The average molecular weight is 324 g/mol. The number of piperidine rings is 1. The monoisotopic (exact) mass is 324 g/mol. The van der Waals surface area contributed by atoms with Crippen LogP contribution >= 0.6 is 0 Å². The van der Waals surface area contributed by atoms with E-state index in [2.05, 4.69) is 4.98 Å². The topological polar surface area (TPSA) is 53.4 Å². The normalized spacial score (nSPS) is 19.0. The number of carbonyl (C=O) groups is 1. The molecule has 1 saturated heterocycles. The number of hydrogen-bond acceptors (Lipinski definition) is 3. The summed E-state index contributed by atoms with van der Waals surface area (Å²) in [5.74, 6) is 0.123. The van der Waals surface area contributed by atoms with E-state index in [-0.39, 0.29) is 24.3 Å². The molecule has 0 bridgehead atoms. The predicted molar refractivity (Wildman–Crippen MR) is 93.5 cm³/mol.